The van der Waals surface area contributed by atoms with E-state index in [0.717, 1.165) is 11.1 Å². The predicted molar refractivity (Wildman–Crippen MR) is 108 cm³/mol. The molecule has 2 aromatic rings. The normalized spacial score (nSPS) is 25.9. The van der Waals surface area contributed by atoms with Crippen molar-refractivity contribution >= 4 is 5.78 Å². The molecule has 2 aliphatic heterocycles. The van der Waals surface area contributed by atoms with Crippen molar-refractivity contribution in [1.82, 2.24) is 0 Å². The van der Waals surface area contributed by atoms with Crippen molar-refractivity contribution in [2.75, 3.05) is 28.1 Å². The Kier molecular flexibility index (Phi) is 4.62. The third-order valence-corrected chi connectivity index (χ3v) is 6.30. The Hall–Kier alpha value is -3.13. The van der Waals surface area contributed by atoms with E-state index in [1.54, 1.807) is 20.3 Å². The van der Waals surface area contributed by atoms with Crippen molar-refractivity contribution in [2.24, 2.45) is 5.92 Å². The van der Waals surface area contributed by atoms with Gasteiger partial charge in [-0.05, 0) is 30.2 Å². The monoisotopic (exact) mass is 428 g/mol. The van der Waals surface area contributed by atoms with Gasteiger partial charge < -0.3 is 33.5 Å². The zero-order chi connectivity index (χ0) is 21.8. The maximum atomic E-state index is 13.1. The molecule has 0 amide bonds. The van der Waals surface area contributed by atoms with E-state index in [4.69, 9.17) is 28.4 Å². The lowest BCUT2D eigenvalue weighted by atomic mass is 9.67. The number of carbonyl (C=O) groups is 1. The van der Waals surface area contributed by atoms with Crippen molar-refractivity contribution in [1.29, 1.82) is 0 Å². The van der Waals surface area contributed by atoms with Crippen LogP contribution in [0.2, 0.25) is 0 Å². The van der Waals surface area contributed by atoms with E-state index >= 15 is 0 Å². The molecule has 0 bridgehead atoms. The molecule has 0 saturated heterocycles. The first kappa shape index (κ1) is 19.8. The maximum absolute atomic E-state index is 13.1. The van der Waals surface area contributed by atoms with Crippen LogP contribution in [0, 0.1) is 5.92 Å². The molecule has 3 atom stereocenters. The van der Waals surface area contributed by atoms with E-state index in [-0.39, 0.29) is 12.6 Å². The molecule has 2 heterocycles. The Bertz CT molecular complexity index is 1020. The second kappa shape index (κ2) is 7.23. The zero-order valence-electron chi connectivity index (χ0n) is 17.6. The first-order chi connectivity index (χ1) is 15.0. The molecule has 0 radical (unpaired) electrons. The Morgan fingerprint density at radius 2 is 1.65 bits per heavy atom. The van der Waals surface area contributed by atoms with Crippen LogP contribution in [0.3, 0.4) is 0 Å². The van der Waals surface area contributed by atoms with Gasteiger partial charge in [-0.15, -0.1) is 0 Å². The third-order valence-electron chi connectivity index (χ3n) is 6.30. The van der Waals surface area contributed by atoms with Crippen molar-refractivity contribution in [3.05, 3.63) is 35.4 Å². The number of fused-ring (bicyclic) bond motifs is 3. The van der Waals surface area contributed by atoms with Gasteiger partial charge in [0.2, 0.25) is 18.3 Å². The van der Waals surface area contributed by atoms with Gasteiger partial charge in [-0.1, -0.05) is 0 Å². The Morgan fingerprint density at radius 1 is 0.968 bits per heavy atom. The van der Waals surface area contributed by atoms with Crippen LogP contribution in [0.5, 0.6) is 34.5 Å². The maximum Gasteiger partial charge on any atom is 0.231 e. The number of rotatable bonds is 4. The Balaban J connectivity index is 1.75. The van der Waals surface area contributed by atoms with Crippen LogP contribution in [0.15, 0.2) is 24.3 Å². The highest BCUT2D eigenvalue weighted by molar-refractivity contribution is 5.85. The smallest absolute Gasteiger partial charge is 0.231 e. The third kappa shape index (κ3) is 2.96. The highest BCUT2D eigenvalue weighted by atomic mass is 16.7. The van der Waals surface area contributed by atoms with Crippen LogP contribution in [-0.4, -0.2) is 44.8 Å². The lowest BCUT2D eigenvalue weighted by Gasteiger charge is -2.47. The molecule has 5 rings (SSSR count). The van der Waals surface area contributed by atoms with Crippen LogP contribution in [-0.2, 0) is 4.79 Å². The predicted octanol–water partition coefficient (Wildman–Crippen LogP) is 3.02. The Labute approximate surface area is 179 Å². The SMILES string of the molecule is COc1cc([C@@H]2c3cc4c(cc3O[C@@]3(O)CCCC(=O)[C@@H]23)OCO4)cc(OC)c1OC. The molecule has 0 spiro atoms. The van der Waals surface area contributed by atoms with Gasteiger partial charge in [0, 0.05) is 30.4 Å². The molecule has 1 aliphatic carbocycles. The summed E-state index contributed by atoms with van der Waals surface area (Å²) in [7, 11) is 4.62. The summed E-state index contributed by atoms with van der Waals surface area (Å²) < 4.78 is 33.6. The van der Waals surface area contributed by atoms with Gasteiger partial charge in [0.15, 0.2) is 23.0 Å². The van der Waals surface area contributed by atoms with Gasteiger partial charge >= 0.3 is 0 Å². The van der Waals surface area contributed by atoms with E-state index in [1.165, 1.54) is 7.11 Å². The average molecular weight is 428 g/mol. The fraction of sp³-hybridized carbons (Fsp3) is 0.435. The molecule has 164 valence electrons. The van der Waals surface area contributed by atoms with E-state index in [9.17, 15) is 9.90 Å². The summed E-state index contributed by atoms with van der Waals surface area (Å²) >= 11 is 0. The lowest BCUT2D eigenvalue weighted by Crippen LogP contribution is -2.55. The number of carbonyl (C=O) groups excluding carboxylic acids is 1. The second-order valence-corrected chi connectivity index (χ2v) is 7.92. The number of ether oxygens (including phenoxy) is 6. The summed E-state index contributed by atoms with van der Waals surface area (Å²) in [5.74, 6) is 0.0574. The van der Waals surface area contributed by atoms with Crippen LogP contribution in [0.25, 0.3) is 0 Å². The fourth-order valence-corrected chi connectivity index (χ4v) is 4.93. The molecular weight excluding hydrogens is 404 g/mol. The van der Waals surface area contributed by atoms with E-state index in [0.29, 0.717) is 53.8 Å². The number of Topliss-reactive ketones (excluding diaryl/α,β-unsaturated/α-hetero) is 1. The molecule has 1 fully saturated rings. The first-order valence-electron chi connectivity index (χ1n) is 10.2. The highest BCUT2D eigenvalue weighted by Crippen LogP contribution is 2.55. The Morgan fingerprint density at radius 3 is 2.29 bits per heavy atom. The molecule has 3 aliphatic rings. The van der Waals surface area contributed by atoms with E-state index in [2.05, 4.69) is 0 Å². The van der Waals surface area contributed by atoms with Crippen molar-refractivity contribution in [2.45, 2.75) is 31.0 Å². The topological polar surface area (TPSA) is 92.7 Å². The summed E-state index contributed by atoms with van der Waals surface area (Å²) in [6.45, 7) is 0.111. The van der Waals surface area contributed by atoms with E-state index in [1.807, 2.05) is 18.2 Å². The van der Waals surface area contributed by atoms with Crippen LogP contribution in [0.4, 0.5) is 0 Å². The minimum Gasteiger partial charge on any atom is -0.493 e. The van der Waals surface area contributed by atoms with Gasteiger partial charge in [0.25, 0.3) is 0 Å². The number of aliphatic hydroxyl groups is 1. The number of benzene rings is 2. The largest absolute Gasteiger partial charge is 0.493 e. The van der Waals surface area contributed by atoms with Gasteiger partial charge in [0.1, 0.15) is 11.5 Å². The molecular formula is C23H24O8. The number of ketones is 1. The molecule has 1 N–H and O–H groups in total. The summed E-state index contributed by atoms with van der Waals surface area (Å²) in [6, 6.07) is 7.17. The van der Waals surface area contributed by atoms with Crippen LogP contribution >= 0.6 is 0 Å². The molecule has 0 unspecified atom stereocenters. The minimum atomic E-state index is -1.61. The highest BCUT2D eigenvalue weighted by Gasteiger charge is 2.55. The molecule has 0 aromatic heterocycles. The fourth-order valence-electron chi connectivity index (χ4n) is 4.93. The standard InChI is InChI=1S/C23H24O8/c1-26-18-7-12(8-19(27-2)22(18)28-3)20-13-9-16-17(30-11-29-16)10-15(13)31-23(25)6-4-5-14(24)21(20)23/h7-10,20-21,25H,4-6,11H2,1-3H3/t20-,21+,23+/m1/s1. The average Bonchev–Trinajstić information content (AvgIpc) is 3.22. The van der Waals surface area contributed by atoms with Gasteiger partial charge in [-0.2, -0.15) is 0 Å². The number of hydrogen-bond donors (Lipinski definition) is 1. The summed E-state index contributed by atoms with van der Waals surface area (Å²) in [4.78, 5) is 13.1. The molecule has 1 saturated carbocycles. The number of hydrogen-bond acceptors (Lipinski definition) is 8. The van der Waals surface area contributed by atoms with Crippen LogP contribution in [0.1, 0.15) is 36.3 Å². The quantitative estimate of drug-likeness (QED) is 0.795. The van der Waals surface area contributed by atoms with Crippen molar-refractivity contribution in [3.63, 3.8) is 0 Å². The number of methoxy groups -OCH3 is 3. The van der Waals surface area contributed by atoms with Gasteiger partial charge in [-0.25, -0.2) is 0 Å². The summed E-state index contributed by atoms with van der Waals surface area (Å²) in [6.07, 6.45) is 1.31. The molecule has 31 heavy (non-hydrogen) atoms. The zero-order valence-corrected chi connectivity index (χ0v) is 17.6. The minimum absolute atomic E-state index is 0.0455. The molecule has 2 aromatic carbocycles. The second-order valence-electron chi connectivity index (χ2n) is 7.92. The summed E-state index contributed by atoms with van der Waals surface area (Å²) in [5.41, 5.74) is 1.49. The molecule has 8 nitrogen and oxygen atoms in total. The van der Waals surface area contributed by atoms with Gasteiger partial charge in [-0.3, -0.25) is 4.79 Å². The van der Waals surface area contributed by atoms with Crippen LogP contribution < -0.4 is 28.4 Å². The van der Waals surface area contributed by atoms with Gasteiger partial charge in [0.05, 0.1) is 27.2 Å². The summed E-state index contributed by atoms with van der Waals surface area (Å²) in [5, 5.41) is 11.4. The van der Waals surface area contributed by atoms with Crippen molar-refractivity contribution < 1.29 is 38.3 Å². The first-order valence-corrected chi connectivity index (χ1v) is 10.2. The lowest BCUT2D eigenvalue weighted by molar-refractivity contribution is -0.206. The molecule has 8 heteroatoms. The van der Waals surface area contributed by atoms with E-state index < -0.39 is 17.6 Å². The van der Waals surface area contributed by atoms with Crippen molar-refractivity contribution in [3.8, 4) is 34.5 Å².